The van der Waals surface area contributed by atoms with E-state index in [1.54, 1.807) is 54.6 Å². The molecule has 0 spiro atoms. The number of aryl methyl sites for hydroxylation is 1. The Kier molecular flexibility index (Phi) is 7.65. The van der Waals surface area contributed by atoms with Gasteiger partial charge in [-0.1, -0.05) is 54.1 Å². The van der Waals surface area contributed by atoms with Crippen molar-refractivity contribution >= 4 is 27.3 Å². The fraction of sp³-hybridized carbons (Fsp3) is 0.107. The number of anilines is 2. The van der Waals surface area contributed by atoms with Gasteiger partial charge in [0.25, 0.3) is 15.9 Å². The zero-order chi connectivity index (χ0) is 25.5. The molecule has 4 rings (SSSR count). The largest absolute Gasteiger partial charge is 0.484 e. The first-order valence-electron chi connectivity index (χ1n) is 11.2. The van der Waals surface area contributed by atoms with Crippen LogP contribution in [0.15, 0.2) is 108 Å². The van der Waals surface area contributed by atoms with E-state index < -0.39 is 21.7 Å². The van der Waals surface area contributed by atoms with E-state index in [4.69, 9.17) is 4.74 Å². The van der Waals surface area contributed by atoms with Crippen LogP contribution in [0.1, 0.15) is 11.1 Å². The Morgan fingerprint density at radius 1 is 0.889 bits per heavy atom. The standard InChI is InChI=1S/C28H25FN2O4S/c1-21-10-16-27(17-11-21)36(33,34)31(19-22-6-3-2-4-7-22)25-12-14-26(15-13-25)35-20-28(32)30-24-9-5-8-23(29)18-24/h2-18H,19-20H2,1H3,(H,30,32). The highest BCUT2D eigenvalue weighted by molar-refractivity contribution is 7.92. The number of nitrogens with one attached hydrogen (secondary N) is 1. The summed E-state index contributed by atoms with van der Waals surface area (Å²) in [6.45, 7) is 1.76. The molecule has 1 amide bonds. The fourth-order valence-corrected chi connectivity index (χ4v) is 4.98. The van der Waals surface area contributed by atoms with E-state index in [1.807, 2.05) is 37.3 Å². The van der Waals surface area contributed by atoms with Gasteiger partial charge in [0.05, 0.1) is 17.1 Å². The van der Waals surface area contributed by atoms with Crippen LogP contribution < -0.4 is 14.4 Å². The Balaban J connectivity index is 1.51. The number of carbonyl (C=O) groups excluding carboxylic acids is 1. The summed E-state index contributed by atoms with van der Waals surface area (Å²) in [5.74, 6) is -0.511. The van der Waals surface area contributed by atoms with Crippen molar-refractivity contribution in [1.82, 2.24) is 0 Å². The molecule has 4 aromatic rings. The number of ether oxygens (including phenoxy) is 1. The molecule has 0 aliphatic carbocycles. The normalized spacial score (nSPS) is 11.1. The zero-order valence-electron chi connectivity index (χ0n) is 19.6. The third-order valence-corrected chi connectivity index (χ3v) is 7.17. The highest BCUT2D eigenvalue weighted by Gasteiger charge is 2.25. The Morgan fingerprint density at radius 2 is 1.58 bits per heavy atom. The Bertz CT molecular complexity index is 1420. The lowest BCUT2D eigenvalue weighted by molar-refractivity contribution is -0.118. The fourth-order valence-electron chi connectivity index (χ4n) is 3.52. The van der Waals surface area contributed by atoms with Crippen molar-refractivity contribution in [3.05, 3.63) is 120 Å². The SMILES string of the molecule is Cc1ccc(S(=O)(=O)N(Cc2ccccc2)c2ccc(OCC(=O)Nc3cccc(F)c3)cc2)cc1. The van der Waals surface area contributed by atoms with Gasteiger partial charge in [0.2, 0.25) is 0 Å². The van der Waals surface area contributed by atoms with Crippen LogP contribution in [-0.2, 0) is 21.4 Å². The van der Waals surface area contributed by atoms with E-state index in [0.29, 0.717) is 17.1 Å². The molecule has 0 saturated heterocycles. The van der Waals surface area contributed by atoms with Gasteiger partial charge in [-0.2, -0.15) is 0 Å². The van der Waals surface area contributed by atoms with Gasteiger partial charge in [-0.15, -0.1) is 0 Å². The summed E-state index contributed by atoms with van der Waals surface area (Å²) >= 11 is 0. The minimum atomic E-state index is -3.85. The molecule has 6 nitrogen and oxygen atoms in total. The molecule has 8 heteroatoms. The molecular weight excluding hydrogens is 479 g/mol. The molecule has 184 valence electrons. The van der Waals surface area contributed by atoms with Crippen molar-refractivity contribution in [1.29, 1.82) is 0 Å². The number of amides is 1. The van der Waals surface area contributed by atoms with Crippen molar-refractivity contribution in [2.45, 2.75) is 18.4 Å². The van der Waals surface area contributed by atoms with Crippen LogP contribution in [0.3, 0.4) is 0 Å². The maximum atomic E-state index is 13.6. The van der Waals surface area contributed by atoms with E-state index in [9.17, 15) is 17.6 Å². The van der Waals surface area contributed by atoms with E-state index in [1.165, 1.54) is 22.5 Å². The van der Waals surface area contributed by atoms with Crippen LogP contribution in [0.5, 0.6) is 5.75 Å². The number of rotatable bonds is 9. The monoisotopic (exact) mass is 504 g/mol. The van der Waals surface area contributed by atoms with Crippen LogP contribution in [0, 0.1) is 12.7 Å². The predicted molar refractivity (Wildman–Crippen MR) is 138 cm³/mol. The average Bonchev–Trinajstić information content (AvgIpc) is 2.87. The van der Waals surface area contributed by atoms with Crippen molar-refractivity contribution in [3.63, 3.8) is 0 Å². The molecule has 0 heterocycles. The van der Waals surface area contributed by atoms with E-state index in [2.05, 4.69) is 5.32 Å². The van der Waals surface area contributed by atoms with Crippen LogP contribution in [0.25, 0.3) is 0 Å². The third kappa shape index (κ3) is 6.28. The molecule has 0 fully saturated rings. The van der Waals surface area contributed by atoms with Gasteiger partial charge in [0.15, 0.2) is 6.61 Å². The summed E-state index contributed by atoms with van der Waals surface area (Å²) in [5, 5.41) is 2.56. The maximum absolute atomic E-state index is 13.6. The van der Waals surface area contributed by atoms with Gasteiger partial charge >= 0.3 is 0 Å². The highest BCUT2D eigenvalue weighted by Crippen LogP contribution is 2.28. The Labute approximate surface area is 210 Å². The van der Waals surface area contributed by atoms with E-state index >= 15 is 0 Å². The molecule has 0 unspecified atom stereocenters. The first kappa shape index (κ1) is 24.9. The lowest BCUT2D eigenvalue weighted by atomic mass is 10.2. The van der Waals surface area contributed by atoms with Gasteiger partial charge in [-0.05, 0) is 67.1 Å². The number of hydrogen-bond donors (Lipinski definition) is 1. The minimum absolute atomic E-state index is 0.146. The highest BCUT2D eigenvalue weighted by atomic mass is 32.2. The number of hydrogen-bond acceptors (Lipinski definition) is 4. The number of halogens is 1. The van der Waals surface area contributed by atoms with Gasteiger partial charge in [-0.3, -0.25) is 9.10 Å². The molecule has 4 aromatic carbocycles. The van der Waals surface area contributed by atoms with Gasteiger partial charge in [0.1, 0.15) is 11.6 Å². The zero-order valence-corrected chi connectivity index (χ0v) is 20.4. The van der Waals surface area contributed by atoms with Gasteiger partial charge < -0.3 is 10.1 Å². The van der Waals surface area contributed by atoms with Gasteiger partial charge in [0, 0.05) is 5.69 Å². The number of benzene rings is 4. The Hall–Kier alpha value is -4.17. The second-order valence-corrected chi connectivity index (χ2v) is 10.0. The summed E-state index contributed by atoms with van der Waals surface area (Å²) in [4.78, 5) is 12.3. The average molecular weight is 505 g/mol. The summed E-state index contributed by atoms with van der Waals surface area (Å²) in [7, 11) is -3.85. The molecule has 0 radical (unpaired) electrons. The second-order valence-electron chi connectivity index (χ2n) is 8.15. The number of sulfonamides is 1. The van der Waals surface area contributed by atoms with Crippen molar-refractivity contribution in [3.8, 4) is 5.75 Å². The predicted octanol–water partition coefficient (Wildman–Crippen LogP) is 5.55. The quantitative estimate of drug-likeness (QED) is 0.324. The molecule has 0 aromatic heterocycles. The molecule has 0 bridgehead atoms. The molecule has 1 N–H and O–H groups in total. The van der Waals surface area contributed by atoms with Gasteiger partial charge in [-0.25, -0.2) is 12.8 Å². The first-order valence-corrected chi connectivity index (χ1v) is 12.7. The van der Waals surface area contributed by atoms with Crippen LogP contribution in [0.2, 0.25) is 0 Å². The van der Waals surface area contributed by atoms with Crippen molar-refractivity contribution in [2.75, 3.05) is 16.2 Å². The van der Waals surface area contributed by atoms with Crippen LogP contribution >= 0.6 is 0 Å². The smallest absolute Gasteiger partial charge is 0.264 e. The minimum Gasteiger partial charge on any atom is -0.484 e. The number of carbonyl (C=O) groups is 1. The lowest BCUT2D eigenvalue weighted by Crippen LogP contribution is -2.30. The molecular formula is C28H25FN2O4S. The van der Waals surface area contributed by atoms with Crippen molar-refractivity contribution in [2.24, 2.45) is 0 Å². The van der Waals surface area contributed by atoms with E-state index in [-0.39, 0.29) is 18.0 Å². The lowest BCUT2D eigenvalue weighted by Gasteiger charge is -2.25. The Morgan fingerprint density at radius 3 is 2.25 bits per heavy atom. The summed E-state index contributed by atoms with van der Waals surface area (Å²) in [5.41, 5.74) is 2.59. The first-order chi connectivity index (χ1) is 17.3. The van der Waals surface area contributed by atoms with Crippen LogP contribution in [-0.4, -0.2) is 20.9 Å². The summed E-state index contributed by atoms with van der Waals surface area (Å²) < 4.78 is 47.3. The second kappa shape index (κ2) is 11.0. The molecule has 0 aliphatic heterocycles. The van der Waals surface area contributed by atoms with Crippen LogP contribution in [0.4, 0.5) is 15.8 Å². The summed E-state index contributed by atoms with van der Waals surface area (Å²) in [6, 6.07) is 28.1. The molecule has 0 aliphatic rings. The molecule has 0 saturated carbocycles. The number of nitrogens with zero attached hydrogens (tertiary/aromatic N) is 1. The third-order valence-electron chi connectivity index (χ3n) is 5.38. The molecule has 36 heavy (non-hydrogen) atoms. The van der Waals surface area contributed by atoms with Crippen molar-refractivity contribution < 1.29 is 22.3 Å². The summed E-state index contributed by atoms with van der Waals surface area (Å²) in [6.07, 6.45) is 0. The van der Waals surface area contributed by atoms with E-state index in [0.717, 1.165) is 11.1 Å². The maximum Gasteiger partial charge on any atom is 0.264 e. The topological polar surface area (TPSA) is 75.7 Å². The molecule has 0 atom stereocenters.